The van der Waals surface area contributed by atoms with E-state index in [2.05, 4.69) is 10.3 Å². The van der Waals surface area contributed by atoms with Crippen LogP contribution in [0, 0.1) is 0 Å². The van der Waals surface area contributed by atoms with Gasteiger partial charge in [-0.3, -0.25) is 4.99 Å². The molecule has 0 amide bonds. The molecule has 0 bridgehead atoms. The summed E-state index contributed by atoms with van der Waals surface area (Å²) in [6.07, 6.45) is 3.53. The molecule has 0 radical (unpaired) electrons. The Morgan fingerprint density at radius 3 is 2.62 bits per heavy atom. The van der Waals surface area contributed by atoms with Gasteiger partial charge in [-0.15, -0.1) is 0 Å². The molecule has 0 aliphatic heterocycles. The quantitative estimate of drug-likeness (QED) is 0.532. The SMILES string of the molecule is C/C=N\C=C(\C)NC. The van der Waals surface area contributed by atoms with Crippen LogP contribution < -0.4 is 5.32 Å². The lowest BCUT2D eigenvalue weighted by Crippen LogP contribution is -2.00. The average Bonchev–Trinajstić information content (AvgIpc) is 1.83. The Morgan fingerprint density at radius 2 is 2.25 bits per heavy atom. The summed E-state index contributed by atoms with van der Waals surface area (Å²) in [5.41, 5.74) is 1.07. The highest BCUT2D eigenvalue weighted by Gasteiger charge is 1.73. The number of rotatable bonds is 2. The van der Waals surface area contributed by atoms with Gasteiger partial charge in [0.25, 0.3) is 0 Å². The van der Waals surface area contributed by atoms with E-state index in [0.717, 1.165) is 5.70 Å². The first-order valence-corrected chi connectivity index (χ1v) is 2.63. The third-order valence-electron chi connectivity index (χ3n) is 0.812. The monoisotopic (exact) mass is 112 g/mol. The minimum absolute atomic E-state index is 1.07. The maximum absolute atomic E-state index is 3.89. The van der Waals surface area contributed by atoms with Crippen molar-refractivity contribution in [1.82, 2.24) is 5.32 Å². The van der Waals surface area contributed by atoms with E-state index in [1.807, 2.05) is 20.9 Å². The second kappa shape index (κ2) is 4.37. The van der Waals surface area contributed by atoms with E-state index >= 15 is 0 Å². The molecule has 0 spiro atoms. The predicted octanol–water partition coefficient (Wildman–Crippen LogP) is 1.16. The second-order valence-electron chi connectivity index (χ2n) is 1.47. The first-order valence-electron chi connectivity index (χ1n) is 2.63. The lowest BCUT2D eigenvalue weighted by molar-refractivity contribution is 0.981. The first kappa shape index (κ1) is 7.21. The van der Waals surface area contributed by atoms with E-state index in [4.69, 9.17) is 0 Å². The normalized spacial score (nSPS) is 12.6. The molecule has 0 atom stereocenters. The Kier molecular flexibility index (Phi) is 3.94. The predicted molar refractivity (Wildman–Crippen MR) is 37.0 cm³/mol. The highest BCUT2D eigenvalue weighted by atomic mass is 14.8. The van der Waals surface area contributed by atoms with Gasteiger partial charge in [-0.1, -0.05) is 0 Å². The molecule has 0 heterocycles. The van der Waals surface area contributed by atoms with E-state index in [-0.39, 0.29) is 0 Å². The minimum Gasteiger partial charge on any atom is -0.390 e. The summed E-state index contributed by atoms with van der Waals surface area (Å²) in [5, 5.41) is 2.95. The zero-order valence-electron chi connectivity index (χ0n) is 5.60. The molecular weight excluding hydrogens is 100 g/mol. The van der Waals surface area contributed by atoms with E-state index < -0.39 is 0 Å². The zero-order chi connectivity index (χ0) is 6.41. The fourth-order valence-corrected chi connectivity index (χ4v) is 0.251. The van der Waals surface area contributed by atoms with Gasteiger partial charge in [-0.2, -0.15) is 0 Å². The van der Waals surface area contributed by atoms with Crippen molar-refractivity contribution < 1.29 is 0 Å². The molecule has 0 aliphatic rings. The van der Waals surface area contributed by atoms with Gasteiger partial charge < -0.3 is 5.32 Å². The van der Waals surface area contributed by atoms with Crippen LogP contribution in [-0.4, -0.2) is 13.3 Å². The van der Waals surface area contributed by atoms with Gasteiger partial charge in [-0.05, 0) is 13.8 Å². The summed E-state index contributed by atoms with van der Waals surface area (Å²) in [6, 6.07) is 0. The minimum atomic E-state index is 1.07. The van der Waals surface area contributed by atoms with Crippen LogP contribution in [0.3, 0.4) is 0 Å². The fraction of sp³-hybridized carbons (Fsp3) is 0.500. The molecule has 8 heavy (non-hydrogen) atoms. The summed E-state index contributed by atoms with van der Waals surface area (Å²) in [4.78, 5) is 3.89. The second-order valence-corrected chi connectivity index (χ2v) is 1.47. The molecule has 0 fully saturated rings. The Hall–Kier alpha value is -0.790. The lowest BCUT2D eigenvalue weighted by Gasteiger charge is -1.92. The highest BCUT2D eigenvalue weighted by molar-refractivity contribution is 5.54. The van der Waals surface area contributed by atoms with Gasteiger partial charge in [0.15, 0.2) is 0 Å². The van der Waals surface area contributed by atoms with E-state index in [9.17, 15) is 0 Å². The highest BCUT2D eigenvalue weighted by Crippen LogP contribution is 1.82. The van der Waals surface area contributed by atoms with Crippen LogP contribution in [0.4, 0.5) is 0 Å². The van der Waals surface area contributed by atoms with Crippen molar-refractivity contribution in [2.75, 3.05) is 7.05 Å². The Balaban J connectivity index is 3.57. The summed E-state index contributed by atoms with van der Waals surface area (Å²) >= 11 is 0. The van der Waals surface area contributed by atoms with Crippen molar-refractivity contribution in [3.8, 4) is 0 Å². The number of allylic oxidation sites excluding steroid dienone is 1. The maximum Gasteiger partial charge on any atom is 0.0450 e. The van der Waals surface area contributed by atoms with Crippen LogP contribution in [0.1, 0.15) is 13.8 Å². The van der Waals surface area contributed by atoms with Gasteiger partial charge in [0.1, 0.15) is 0 Å². The van der Waals surface area contributed by atoms with Crippen molar-refractivity contribution in [2.45, 2.75) is 13.8 Å². The van der Waals surface area contributed by atoms with Crippen molar-refractivity contribution >= 4 is 6.21 Å². The number of hydrogen-bond acceptors (Lipinski definition) is 2. The zero-order valence-corrected chi connectivity index (χ0v) is 5.60. The fourth-order valence-electron chi connectivity index (χ4n) is 0.251. The van der Waals surface area contributed by atoms with Crippen molar-refractivity contribution in [2.24, 2.45) is 4.99 Å². The summed E-state index contributed by atoms with van der Waals surface area (Å²) in [5.74, 6) is 0. The third kappa shape index (κ3) is 3.40. The number of aliphatic imine (C=N–C) groups is 1. The molecule has 0 saturated carbocycles. The van der Waals surface area contributed by atoms with Gasteiger partial charge in [-0.25, -0.2) is 0 Å². The maximum atomic E-state index is 3.89. The Bertz CT molecular complexity index is 103. The summed E-state index contributed by atoms with van der Waals surface area (Å²) in [7, 11) is 1.87. The first-order chi connectivity index (χ1) is 3.81. The number of nitrogens with one attached hydrogen (secondary N) is 1. The van der Waals surface area contributed by atoms with E-state index in [1.54, 1.807) is 12.4 Å². The molecule has 0 aromatic heterocycles. The van der Waals surface area contributed by atoms with Gasteiger partial charge in [0.05, 0.1) is 0 Å². The molecular formula is C6H12N2. The number of nitrogens with zero attached hydrogens (tertiary/aromatic N) is 1. The van der Waals surface area contributed by atoms with Crippen molar-refractivity contribution in [1.29, 1.82) is 0 Å². The molecule has 1 N–H and O–H groups in total. The largest absolute Gasteiger partial charge is 0.390 e. The molecule has 2 nitrogen and oxygen atoms in total. The molecule has 0 aliphatic carbocycles. The Morgan fingerprint density at radius 1 is 1.62 bits per heavy atom. The van der Waals surface area contributed by atoms with Gasteiger partial charge >= 0.3 is 0 Å². The van der Waals surface area contributed by atoms with Crippen LogP contribution in [0.25, 0.3) is 0 Å². The molecule has 0 saturated heterocycles. The van der Waals surface area contributed by atoms with Gasteiger partial charge in [0, 0.05) is 25.2 Å². The lowest BCUT2D eigenvalue weighted by atomic mass is 10.5. The van der Waals surface area contributed by atoms with E-state index in [1.165, 1.54) is 0 Å². The van der Waals surface area contributed by atoms with Gasteiger partial charge in [0.2, 0.25) is 0 Å². The van der Waals surface area contributed by atoms with E-state index in [0.29, 0.717) is 0 Å². The molecule has 0 aromatic rings. The van der Waals surface area contributed by atoms with Crippen LogP contribution in [0.5, 0.6) is 0 Å². The van der Waals surface area contributed by atoms with Crippen molar-refractivity contribution in [3.63, 3.8) is 0 Å². The summed E-state index contributed by atoms with van der Waals surface area (Å²) < 4.78 is 0. The smallest absolute Gasteiger partial charge is 0.0450 e. The van der Waals surface area contributed by atoms with Crippen molar-refractivity contribution in [3.05, 3.63) is 11.9 Å². The van der Waals surface area contributed by atoms with Crippen LogP contribution >= 0.6 is 0 Å². The van der Waals surface area contributed by atoms with Crippen LogP contribution in [0.2, 0.25) is 0 Å². The topological polar surface area (TPSA) is 24.4 Å². The number of hydrogen-bond donors (Lipinski definition) is 1. The summed E-state index contributed by atoms with van der Waals surface area (Å²) in [6.45, 7) is 3.85. The standard InChI is InChI=1S/C6H12N2/c1-4-8-5-6(2)7-3/h4-5,7H,1-3H3/b6-5-,8-4-. The molecule has 2 heteroatoms. The molecule has 46 valence electrons. The molecule has 0 unspecified atom stereocenters. The van der Waals surface area contributed by atoms with Crippen LogP contribution in [-0.2, 0) is 0 Å². The third-order valence-corrected chi connectivity index (χ3v) is 0.812. The van der Waals surface area contributed by atoms with Crippen LogP contribution in [0.15, 0.2) is 16.9 Å². The Labute approximate surface area is 50.3 Å². The molecule has 0 aromatic carbocycles. The average molecular weight is 112 g/mol. The molecule has 0 rings (SSSR count).